The van der Waals surface area contributed by atoms with Gasteiger partial charge in [0.25, 0.3) is 0 Å². The normalized spacial score (nSPS) is 19.7. The number of aliphatic hydroxyl groups is 2. The van der Waals surface area contributed by atoms with Gasteiger partial charge in [-0.3, -0.25) is 19.2 Å². The van der Waals surface area contributed by atoms with Crippen molar-refractivity contribution < 1.29 is 79.1 Å². The lowest BCUT2D eigenvalue weighted by Crippen LogP contribution is -2.81. The number of carboxylic acids is 6. The van der Waals surface area contributed by atoms with E-state index in [9.17, 15) is 69.6 Å². The molecular weight excluding hydrogens is 653 g/mol. The molecule has 224 valence electrons. The topological polar surface area (TPSA) is 283 Å². The van der Waals surface area contributed by atoms with Crippen molar-refractivity contribution in [3.05, 3.63) is 0 Å². The monoisotopic (exact) mass is 676 g/mol. The maximum absolute atomic E-state index is 12.2. The van der Waals surface area contributed by atoms with Crippen LogP contribution in [0.2, 0.25) is 0 Å². The molecule has 0 saturated carbocycles. The average molecular weight is 677 g/mol. The Labute approximate surface area is 251 Å². The van der Waals surface area contributed by atoms with Gasteiger partial charge in [-0.05, 0) is 0 Å². The summed E-state index contributed by atoms with van der Waals surface area (Å²) >= 11 is 22.2. The van der Waals surface area contributed by atoms with Crippen molar-refractivity contribution >= 4 is 112 Å². The highest BCUT2D eigenvalue weighted by Crippen LogP contribution is 2.57. The van der Waals surface area contributed by atoms with E-state index in [1.54, 1.807) is 0 Å². The van der Waals surface area contributed by atoms with Crippen LogP contribution in [-0.4, -0.2) is 133 Å². The fraction of sp³-hybridized carbons (Fsp3) is 0.647. The third-order valence-corrected chi connectivity index (χ3v) is 8.70. The van der Waals surface area contributed by atoms with E-state index in [-0.39, 0.29) is 0 Å². The zero-order valence-corrected chi connectivity index (χ0v) is 24.3. The zero-order chi connectivity index (χ0) is 31.3. The molecular formula is C17H24O16S6. The van der Waals surface area contributed by atoms with E-state index in [2.05, 4.69) is 75.8 Å². The molecule has 6 atom stereocenters. The molecule has 0 amide bonds. The predicted molar refractivity (Wildman–Crippen MR) is 147 cm³/mol. The van der Waals surface area contributed by atoms with Crippen LogP contribution in [0.5, 0.6) is 0 Å². The van der Waals surface area contributed by atoms with Crippen LogP contribution in [0.3, 0.4) is 0 Å². The van der Waals surface area contributed by atoms with Gasteiger partial charge in [-0.15, -0.1) is 25.3 Å². The van der Waals surface area contributed by atoms with Crippen molar-refractivity contribution in [3.8, 4) is 0 Å². The second-order valence-electron chi connectivity index (χ2n) is 7.56. The van der Waals surface area contributed by atoms with Crippen LogP contribution in [0, 0.1) is 5.41 Å². The highest BCUT2D eigenvalue weighted by Gasteiger charge is 2.77. The number of aliphatic hydroxyl groups excluding tert-OH is 2. The fourth-order valence-corrected chi connectivity index (χ4v) is 6.30. The van der Waals surface area contributed by atoms with E-state index in [1.807, 2.05) is 0 Å². The number of aliphatic carboxylic acids is 6. The molecule has 0 rings (SSSR count). The second kappa shape index (κ2) is 14.6. The van der Waals surface area contributed by atoms with Gasteiger partial charge in [0.15, 0.2) is 10.9 Å². The summed E-state index contributed by atoms with van der Waals surface area (Å²) in [5.41, 5.74) is -15.9. The summed E-state index contributed by atoms with van der Waals surface area (Å²) in [6, 6.07) is 0. The minimum Gasteiger partial charge on any atom is -0.480 e. The minimum absolute atomic E-state index is 1.91. The van der Waals surface area contributed by atoms with Crippen LogP contribution in [0.25, 0.3) is 0 Å². The smallest absolute Gasteiger partial charge is 0.343 e. The van der Waals surface area contributed by atoms with Crippen LogP contribution in [0.4, 0.5) is 0 Å². The molecule has 6 unspecified atom stereocenters. The van der Waals surface area contributed by atoms with Crippen LogP contribution in [-0.2, 0) is 38.2 Å². The maximum atomic E-state index is 12.2. The van der Waals surface area contributed by atoms with E-state index in [1.165, 1.54) is 0 Å². The van der Waals surface area contributed by atoms with E-state index in [0.717, 1.165) is 0 Å². The van der Waals surface area contributed by atoms with E-state index in [4.69, 9.17) is 9.47 Å². The van der Waals surface area contributed by atoms with Gasteiger partial charge in [0.2, 0.25) is 0 Å². The Balaban J connectivity index is 8.73. The molecule has 0 heterocycles. The first-order valence-corrected chi connectivity index (χ1v) is 12.8. The maximum Gasteiger partial charge on any atom is 0.343 e. The summed E-state index contributed by atoms with van der Waals surface area (Å²) in [7, 11) is 0. The number of ether oxygens (including phenoxy) is 2. The molecule has 0 spiro atoms. The van der Waals surface area contributed by atoms with Gasteiger partial charge < -0.3 is 50.3 Å². The quantitative estimate of drug-likeness (QED) is 0.0536. The van der Waals surface area contributed by atoms with Crippen LogP contribution in [0.1, 0.15) is 0 Å². The molecule has 16 nitrogen and oxygen atoms in total. The molecule has 0 aromatic carbocycles. The van der Waals surface area contributed by atoms with Gasteiger partial charge in [-0.2, -0.15) is 50.5 Å². The zero-order valence-electron chi connectivity index (χ0n) is 18.9. The van der Waals surface area contributed by atoms with E-state index >= 15 is 0 Å². The first-order chi connectivity index (χ1) is 17.7. The van der Waals surface area contributed by atoms with Gasteiger partial charge in [0.1, 0.15) is 32.2 Å². The number of hydrogen-bond acceptors (Lipinski definition) is 16. The van der Waals surface area contributed by atoms with Crippen LogP contribution in [0.15, 0.2) is 0 Å². The highest BCUT2D eigenvalue weighted by molar-refractivity contribution is 7.83. The lowest BCUT2D eigenvalue weighted by Gasteiger charge is -2.61. The Morgan fingerprint density at radius 3 is 0.821 bits per heavy atom. The number of carbonyl (C=O) groups is 6. The van der Waals surface area contributed by atoms with Crippen molar-refractivity contribution in [2.45, 2.75) is 43.1 Å². The first-order valence-electron chi connectivity index (χ1n) is 9.72. The number of rotatable bonds is 18. The molecule has 0 bridgehead atoms. The van der Waals surface area contributed by atoms with Crippen molar-refractivity contribution in [1.82, 2.24) is 0 Å². The minimum atomic E-state index is -3.63. The Morgan fingerprint density at radius 1 is 0.487 bits per heavy atom. The van der Waals surface area contributed by atoms with Gasteiger partial charge in [0, 0.05) is 0 Å². The first kappa shape index (κ1) is 37.8. The lowest BCUT2D eigenvalue weighted by molar-refractivity contribution is -0.268. The summed E-state index contributed by atoms with van der Waals surface area (Å²) < 4.78 is 10.4. The summed E-state index contributed by atoms with van der Waals surface area (Å²) in [4.78, 5) is 72.2. The van der Waals surface area contributed by atoms with Crippen LogP contribution >= 0.6 is 75.8 Å². The summed E-state index contributed by atoms with van der Waals surface area (Å²) in [6.45, 7) is -3.82. The molecule has 39 heavy (non-hydrogen) atoms. The van der Waals surface area contributed by atoms with E-state index < -0.39 is 97.5 Å². The summed E-state index contributed by atoms with van der Waals surface area (Å²) in [6.07, 6.45) is 0. The molecule has 0 radical (unpaired) electrons. The van der Waals surface area contributed by atoms with E-state index in [0.29, 0.717) is 0 Å². The Kier molecular flexibility index (Phi) is 14.1. The fourth-order valence-electron chi connectivity index (χ4n) is 3.88. The van der Waals surface area contributed by atoms with Crippen molar-refractivity contribution in [2.24, 2.45) is 5.41 Å². The molecule has 22 heteroatoms. The molecule has 0 aromatic rings. The van der Waals surface area contributed by atoms with Gasteiger partial charge in [0.05, 0.1) is 18.6 Å². The van der Waals surface area contributed by atoms with Crippen molar-refractivity contribution in [3.63, 3.8) is 0 Å². The third-order valence-electron chi connectivity index (χ3n) is 5.63. The third kappa shape index (κ3) is 6.81. The number of carboxylic acid groups (broad SMARTS) is 6. The second-order valence-corrected chi connectivity index (χ2v) is 10.6. The molecule has 0 aliphatic heterocycles. The van der Waals surface area contributed by atoms with Crippen LogP contribution < -0.4 is 0 Å². The SMILES string of the molecule is O=C(O)C(S)OC(C(S)C(=O)O)(C(S)C(=O)O)C(CO)(CO)C(OC(S)C(=O)O)(C(S)C(=O)O)C(S)C(=O)O. The number of thiol groups is 6. The Hall–Kier alpha value is -1.24. The summed E-state index contributed by atoms with van der Waals surface area (Å²) in [5.74, 6) is -12.7. The Morgan fingerprint density at radius 2 is 0.692 bits per heavy atom. The van der Waals surface area contributed by atoms with Gasteiger partial charge in [-0.25, -0.2) is 9.59 Å². The van der Waals surface area contributed by atoms with Gasteiger partial charge >= 0.3 is 35.8 Å². The molecule has 0 saturated heterocycles. The molecule has 8 N–H and O–H groups in total. The largest absolute Gasteiger partial charge is 0.480 e. The average Bonchev–Trinajstić information content (AvgIpc) is 2.85. The highest BCUT2D eigenvalue weighted by atomic mass is 32.1. The Bertz CT molecular complexity index is 861. The van der Waals surface area contributed by atoms with Gasteiger partial charge in [-0.1, -0.05) is 0 Å². The molecule has 0 aliphatic rings. The molecule has 0 aliphatic carbocycles. The standard InChI is InChI=1S/C17H24O16S6/c18-1-15(2-19,16(3(34)7(20)21,4(35)8(22)23)32-13(38)11(28)29)17(5(36)9(24)25,6(37)10(26)27)33-14(39)12(30)31/h3-6,13-14,18-19,34-39H,1-2H2,(H,20,21)(H,22,23)(H,24,25)(H,26,27)(H,28,29)(H,30,31). The van der Waals surface area contributed by atoms with Crippen molar-refractivity contribution in [1.29, 1.82) is 0 Å². The number of hydrogen-bond donors (Lipinski definition) is 14. The van der Waals surface area contributed by atoms with Crippen molar-refractivity contribution in [2.75, 3.05) is 13.2 Å². The molecule has 0 fully saturated rings. The predicted octanol–water partition coefficient (Wildman–Crippen LogP) is -2.32. The lowest BCUT2D eigenvalue weighted by atomic mass is 9.56. The summed E-state index contributed by atoms with van der Waals surface area (Å²) in [5, 5.41) is 68.6. The molecule has 0 aromatic heterocycles.